The summed E-state index contributed by atoms with van der Waals surface area (Å²) >= 11 is 0. The van der Waals surface area contributed by atoms with Crippen LogP contribution in [0.15, 0.2) is 0 Å². The van der Waals surface area contributed by atoms with Crippen molar-refractivity contribution in [2.45, 2.75) is 52.6 Å². The van der Waals surface area contributed by atoms with Gasteiger partial charge in [0.25, 0.3) is 0 Å². The minimum Gasteiger partial charge on any atom is -0.480 e. The number of likely N-dealkylation sites (N-methyl/N-ethyl adjacent to an activating group) is 1. The molecule has 0 aromatic carbocycles. The van der Waals surface area contributed by atoms with E-state index in [0.29, 0.717) is 25.9 Å². The molecule has 7 nitrogen and oxygen atoms in total. The van der Waals surface area contributed by atoms with Crippen molar-refractivity contribution >= 4 is 17.9 Å². The minimum atomic E-state index is -1.08. The van der Waals surface area contributed by atoms with Gasteiger partial charge in [-0.25, -0.2) is 9.59 Å². The number of carboxylic acids is 1. The molecule has 3 amide bonds. The normalized spacial score (nSPS) is 13.2. The number of carbonyl (C=O) groups is 3. The van der Waals surface area contributed by atoms with Crippen LogP contribution in [-0.4, -0.2) is 53.1 Å². The Bertz CT molecular complexity index is 343. The highest BCUT2D eigenvalue weighted by molar-refractivity contribution is 5.88. The second-order valence-electron chi connectivity index (χ2n) is 4.53. The first-order chi connectivity index (χ1) is 9.37. The molecule has 0 aromatic rings. The van der Waals surface area contributed by atoms with E-state index in [1.807, 2.05) is 20.8 Å². The van der Waals surface area contributed by atoms with Crippen molar-refractivity contribution in [1.29, 1.82) is 0 Å². The summed E-state index contributed by atoms with van der Waals surface area (Å²) in [5.41, 5.74) is 0. The van der Waals surface area contributed by atoms with E-state index in [1.165, 1.54) is 0 Å². The molecule has 20 heavy (non-hydrogen) atoms. The van der Waals surface area contributed by atoms with E-state index in [2.05, 4.69) is 10.6 Å². The zero-order valence-electron chi connectivity index (χ0n) is 12.6. The van der Waals surface area contributed by atoms with Crippen molar-refractivity contribution in [1.82, 2.24) is 15.5 Å². The Morgan fingerprint density at radius 3 is 2.05 bits per heavy atom. The summed E-state index contributed by atoms with van der Waals surface area (Å²) in [7, 11) is 0. The molecule has 116 valence electrons. The Labute approximate surface area is 119 Å². The van der Waals surface area contributed by atoms with Gasteiger partial charge < -0.3 is 20.6 Å². The first-order valence-corrected chi connectivity index (χ1v) is 6.95. The molecular weight excluding hydrogens is 262 g/mol. The number of aliphatic carboxylic acids is 1. The first kappa shape index (κ1) is 18.2. The molecule has 0 aliphatic carbocycles. The van der Waals surface area contributed by atoms with Crippen LogP contribution in [0, 0.1) is 0 Å². The van der Waals surface area contributed by atoms with Gasteiger partial charge in [-0.2, -0.15) is 0 Å². The van der Waals surface area contributed by atoms with Gasteiger partial charge in [0.15, 0.2) is 0 Å². The van der Waals surface area contributed by atoms with Crippen LogP contribution in [-0.2, 0) is 9.59 Å². The van der Waals surface area contributed by atoms with Crippen LogP contribution in [0.1, 0.15) is 40.5 Å². The van der Waals surface area contributed by atoms with Crippen molar-refractivity contribution in [3.05, 3.63) is 0 Å². The second kappa shape index (κ2) is 9.17. The van der Waals surface area contributed by atoms with Gasteiger partial charge in [0.05, 0.1) is 0 Å². The van der Waals surface area contributed by atoms with Crippen LogP contribution in [0.4, 0.5) is 4.79 Å². The lowest BCUT2D eigenvalue weighted by Gasteiger charge is -2.24. The zero-order chi connectivity index (χ0) is 15.7. The Morgan fingerprint density at radius 2 is 1.65 bits per heavy atom. The second-order valence-corrected chi connectivity index (χ2v) is 4.53. The van der Waals surface area contributed by atoms with E-state index < -0.39 is 24.1 Å². The zero-order valence-corrected chi connectivity index (χ0v) is 12.6. The average molecular weight is 287 g/mol. The van der Waals surface area contributed by atoms with Crippen LogP contribution in [0.3, 0.4) is 0 Å². The summed E-state index contributed by atoms with van der Waals surface area (Å²) in [6.45, 7) is 8.26. The Hall–Kier alpha value is -1.79. The molecule has 3 N–H and O–H groups in total. The van der Waals surface area contributed by atoms with Crippen LogP contribution in [0.25, 0.3) is 0 Å². The number of amides is 3. The smallest absolute Gasteiger partial charge is 0.326 e. The van der Waals surface area contributed by atoms with E-state index in [1.54, 1.807) is 11.8 Å². The van der Waals surface area contributed by atoms with Crippen LogP contribution in [0.2, 0.25) is 0 Å². The van der Waals surface area contributed by atoms with Gasteiger partial charge in [0.2, 0.25) is 5.91 Å². The summed E-state index contributed by atoms with van der Waals surface area (Å²) in [6, 6.07) is -2.26. The number of rotatable bonds is 8. The molecule has 0 rings (SSSR count). The third-order valence-corrected chi connectivity index (χ3v) is 2.97. The lowest BCUT2D eigenvalue weighted by molar-refractivity contribution is -0.139. The quantitative estimate of drug-likeness (QED) is 0.615. The number of nitrogens with zero attached hydrogens (tertiary/aromatic N) is 1. The minimum absolute atomic E-state index is 0.187. The van der Waals surface area contributed by atoms with Gasteiger partial charge in [-0.05, 0) is 27.2 Å². The number of hydrogen-bond donors (Lipinski definition) is 3. The van der Waals surface area contributed by atoms with Crippen molar-refractivity contribution in [3.63, 3.8) is 0 Å². The van der Waals surface area contributed by atoms with Crippen LogP contribution < -0.4 is 10.6 Å². The summed E-state index contributed by atoms with van der Waals surface area (Å²) in [5, 5.41) is 13.8. The van der Waals surface area contributed by atoms with Crippen molar-refractivity contribution in [3.8, 4) is 0 Å². The molecule has 0 radical (unpaired) electrons. The molecule has 0 saturated heterocycles. The summed E-state index contributed by atoms with van der Waals surface area (Å²) in [6.07, 6.45) is 0.992. The Balaban J connectivity index is 4.44. The number of hydrogen-bond acceptors (Lipinski definition) is 3. The molecular formula is C13H25N3O4. The monoisotopic (exact) mass is 287 g/mol. The molecule has 7 heteroatoms. The molecule has 0 heterocycles. The van der Waals surface area contributed by atoms with E-state index in [9.17, 15) is 14.4 Å². The maximum absolute atomic E-state index is 12.0. The average Bonchev–Trinajstić information content (AvgIpc) is 2.39. The van der Waals surface area contributed by atoms with E-state index in [4.69, 9.17) is 5.11 Å². The first-order valence-electron chi connectivity index (χ1n) is 6.95. The number of carboxylic acid groups (broad SMARTS) is 1. The topological polar surface area (TPSA) is 98.7 Å². The van der Waals surface area contributed by atoms with Crippen molar-refractivity contribution in [2.75, 3.05) is 13.1 Å². The van der Waals surface area contributed by atoms with E-state index >= 15 is 0 Å². The number of carbonyl (C=O) groups excluding carboxylic acids is 2. The van der Waals surface area contributed by atoms with Gasteiger partial charge in [0, 0.05) is 13.1 Å². The molecule has 0 bridgehead atoms. The van der Waals surface area contributed by atoms with Gasteiger partial charge >= 0.3 is 12.0 Å². The molecule has 0 fully saturated rings. The molecule has 1 unspecified atom stereocenters. The molecule has 0 aliphatic heterocycles. The highest BCUT2D eigenvalue weighted by Crippen LogP contribution is 1.98. The highest BCUT2D eigenvalue weighted by atomic mass is 16.4. The molecule has 0 aliphatic rings. The van der Waals surface area contributed by atoms with E-state index in [0.717, 1.165) is 0 Å². The third kappa shape index (κ3) is 5.90. The number of urea groups is 1. The highest BCUT2D eigenvalue weighted by Gasteiger charge is 2.23. The molecule has 2 atom stereocenters. The maximum atomic E-state index is 12.0. The Morgan fingerprint density at radius 1 is 1.10 bits per heavy atom. The van der Waals surface area contributed by atoms with Crippen LogP contribution in [0.5, 0.6) is 0 Å². The fourth-order valence-electron chi connectivity index (χ4n) is 1.81. The summed E-state index contributed by atoms with van der Waals surface area (Å²) in [4.78, 5) is 36.2. The maximum Gasteiger partial charge on any atom is 0.326 e. The van der Waals surface area contributed by atoms with Crippen LogP contribution >= 0.6 is 0 Å². The lowest BCUT2D eigenvalue weighted by Crippen LogP contribution is -2.53. The largest absolute Gasteiger partial charge is 0.480 e. The fraction of sp³-hybridized carbons (Fsp3) is 0.769. The van der Waals surface area contributed by atoms with E-state index in [-0.39, 0.29) is 5.91 Å². The predicted molar refractivity (Wildman–Crippen MR) is 75.4 cm³/mol. The third-order valence-electron chi connectivity index (χ3n) is 2.97. The van der Waals surface area contributed by atoms with Gasteiger partial charge in [0.1, 0.15) is 12.1 Å². The standard InChI is InChI=1S/C13H25N3O4/c1-5-8-10(12(18)19)15-13(20)14-9(4)11(17)16(6-2)7-3/h9-10H,5-8H2,1-4H3,(H,18,19)(H2,14,15,20)/t9?,10-/m0/s1. The number of nitrogens with one attached hydrogen (secondary N) is 2. The Kier molecular flexibility index (Phi) is 8.35. The molecule has 0 aromatic heterocycles. The summed E-state index contributed by atoms with van der Waals surface area (Å²) in [5.74, 6) is -1.27. The predicted octanol–water partition coefficient (Wildman–Crippen LogP) is 0.796. The molecule has 0 spiro atoms. The van der Waals surface area contributed by atoms with Gasteiger partial charge in [-0.3, -0.25) is 4.79 Å². The van der Waals surface area contributed by atoms with Crippen molar-refractivity contribution in [2.24, 2.45) is 0 Å². The van der Waals surface area contributed by atoms with Crippen molar-refractivity contribution < 1.29 is 19.5 Å². The SMILES string of the molecule is CCC[C@H](NC(=O)NC(C)C(=O)N(CC)CC)C(=O)O. The summed E-state index contributed by atoms with van der Waals surface area (Å²) < 4.78 is 0. The lowest BCUT2D eigenvalue weighted by atomic mass is 10.2. The molecule has 0 saturated carbocycles. The van der Waals surface area contributed by atoms with Gasteiger partial charge in [-0.1, -0.05) is 13.3 Å². The fourth-order valence-corrected chi connectivity index (χ4v) is 1.81. The van der Waals surface area contributed by atoms with Gasteiger partial charge in [-0.15, -0.1) is 0 Å².